The molecule has 0 spiro atoms. The molecule has 30 heavy (non-hydrogen) atoms. The van der Waals surface area contributed by atoms with Gasteiger partial charge in [0.15, 0.2) is 0 Å². The fraction of sp³-hybridized carbons (Fsp3) is 0.542. The number of piperidine rings is 1. The molecule has 4 rings (SSSR count). The number of anilines is 1. The Bertz CT molecular complexity index is 845. The van der Waals surface area contributed by atoms with E-state index in [9.17, 15) is 14.4 Å². The average Bonchev–Trinajstić information content (AvgIpc) is 2.90. The second-order valence-electron chi connectivity index (χ2n) is 8.66. The van der Waals surface area contributed by atoms with E-state index in [0.717, 1.165) is 57.2 Å². The zero-order valence-electron chi connectivity index (χ0n) is 17.8. The van der Waals surface area contributed by atoms with Gasteiger partial charge >= 0.3 is 0 Å². The summed E-state index contributed by atoms with van der Waals surface area (Å²) in [5, 5.41) is 2.76. The summed E-state index contributed by atoms with van der Waals surface area (Å²) in [5.41, 5.74) is 2.54. The molecule has 2 aliphatic heterocycles. The van der Waals surface area contributed by atoms with Crippen molar-refractivity contribution in [1.29, 1.82) is 0 Å². The van der Waals surface area contributed by atoms with E-state index in [1.165, 1.54) is 26.2 Å². The van der Waals surface area contributed by atoms with Crippen LogP contribution in [0.25, 0.3) is 5.57 Å². The first kappa shape index (κ1) is 20.6. The highest BCUT2D eigenvalue weighted by Crippen LogP contribution is 2.37. The summed E-state index contributed by atoms with van der Waals surface area (Å²) in [5.74, 6) is -0.405. The van der Waals surface area contributed by atoms with Crippen molar-refractivity contribution >= 4 is 29.0 Å². The molecule has 0 unspecified atom stereocenters. The van der Waals surface area contributed by atoms with Gasteiger partial charge in [-0.25, -0.2) is 0 Å². The van der Waals surface area contributed by atoms with Gasteiger partial charge in [0.2, 0.25) is 5.91 Å². The van der Waals surface area contributed by atoms with Crippen molar-refractivity contribution in [2.75, 3.05) is 18.4 Å². The molecule has 1 aliphatic carbocycles. The normalized spacial score (nSPS) is 21.2. The van der Waals surface area contributed by atoms with E-state index in [4.69, 9.17) is 0 Å². The smallest absolute Gasteiger partial charge is 0.278 e. The summed E-state index contributed by atoms with van der Waals surface area (Å²) in [4.78, 5) is 42.2. The summed E-state index contributed by atoms with van der Waals surface area (Å²) in [6, 6.07) is 7.27. The predicted octanol–water partition coefficient (Wildman–Crippen LogP) is 3.93. The number of carbonyl (C=O) groups is 3. The number of amides is 3. The number of likely N-dealkylation sites (tertiary alicyclic amines) is 1. The maximum atomic E-state index is 13.6. The Balaban J connectivity index is 1.70. The van der Waals surface area contributed by atoms with Crippen LogP contribution in [-0.4, -0.2) is 46.7 Å². The molecular formula is C24H31N3O3. The Morgan fingerprint density at radius 3 is 2.07 bits per heavy atom. The van der Waals surface area contributed by atoms with Crippen molar-refractivity contribution in [3.8, 4) is 0 Å². The van der Waals surface area contributed by atoms with E-state index < -0.39 is 0 Å². The third-order valence-electron chi connectivity index (χ3n) is 6.45. The molecule has 2 fully saturated rings. The Morgan fingerprint density at radius 1 is 0.867 bits per heavy atom. The van der Waals surface area contributed by atoms with Crippen LogP contribution in [0.2, 0.25) is 0 Å². The van der Waals surface area contributed by atoms with Crippen molar-refractivity contribution < 1.29 is 14.4 Å². The first-order valence-electron chi connectivity index (χ1n) is 11.3. The lowest BCUT2D eigenvalue weighted by Gasteiger charge is -2.31. The molecule has 1 saturated carbocycles. The molecule has 160 valence electrons. The third-order valence-corrected chi connectivity index (χ3v) is 6.45. The van der Waals surface area contributed by atoms with Crippen molar-refractivity contribution in [2.45, 2.75) is 70.8 Å². The van der Waals surface area contributed by atoms with Crippen LogP contribution < -0.4 is 5.32 Å². The molecule has 1 aromatic rings. The highest BCUT2D eigenvalue weighted by atomic mass is 16.2. The van der Waals surface area contributed by atoms with Gasteiger partial charge in [0.1, 0.15) is 5.70 Å². The molecule has 0 radical (unpaired) electrons. The fourth-order valence-corrected chi connectivity index (χ4v) is 4.98. The lowest BCUT2D eigenvalue weighted by Crippen LogP contribution is -2.43. The fourth-order valence-electron chi connectivity index (χ4n) is 4.98. The molecule has 6 heteroatoms. The Hall–Kier alpha value is -2.63. The van der Waals surface area contributed by atoms with Crippen LogP contribution in [-0.2, 0) is 14.4 Å². The van der Waals surface area contributed by atoms with Crippen LogP contribution in [0.4, 0.5) is 5.69 Å². The van der Waals surface area contributed by atoms with E-state index in [1.807, 2.05) is 12.1 Å². The lowest BCUT2D eigenvalue weighted by atomic mass is 10.0. The van der Waals surface area contributed by atoms with Gasteiger partial charge in [0.05, 0.1) is 5.57 Å². The molecule has 0 bridgehead atoms. The van der Waals surface area contributed by atoms with Gasteiger partial charge in [0.25, 0.3) is 11.8 Å². The minimum absolute atomic E-state index is 0.00319. The van der Waals surface area contributed by atoms with Crippen molar-refractivity contribution in [1.82, 2.24) is 9.80 Å². The number of imide groups is 1. The van der Waals surface area contributed by atoms with Crippen molar-refractivity contribution in [3.05, 3.63) is 35.5 Å². The monoisotopic (exact) mass is 409 g/mol. The van der Waals surface area contributed by atoms with Crippen LogP contribution in [0.1, 0.15) is 70.3 Å². The molecule has 1 N–H and O–H groups in total. The van der Waals surface area contributed by atoms with Crippen molar-refractivity contribution in [2.24, 2.45) is 0 Å². The predicted molar refractivity (Wildman–Crippen MR) is 116 cm³/mol. The van der Waals surface area contributed by atoms with Gasteiger partial charge in [-0.3, -0.25) is 19.3 Å². The van der Waals surface area contributed by atoms with Gasteiger partial charge < -0.3 is 10.2 Å². The minimum atomic E-state index is -0.153. The topological polar surface area (TPSA) is 69.7 Å². The van der Waals surface area contributed by atoms with E-state index >= 15 is 0 Å². The quantitative estimate of drug-likeness (QED) is 0.604. The molecule has 3 aliphatic rings. The van der Waals surface area contributed by atoms with Crippen LogP contribution in [0.3, 0.4) is 0 Å². The van der Waals surface area contributed by atoms with E-state index in [1.54, 1.807) is 17.0 Å². The zero-order chi connectivity index (χ0) is 21.1. The number of benzene rings is 1. The number of rotatable bonds is 4. The summed E-state index contributed by atoms with van der Waals surface area (Å²) in [7, 11) is 0. The van der Waals surface area contributed by atoms with Crippen LogP contribution in [0.5, 0.6) is 0 Å². The van der Waals surface area contributed by atoms with Crippen LogP contribution in [0, 0.1) is 0 Å². The largest absolute Gasteiger partial charge is 0.366 e. The van der Waals surface area contributed by atoms with Gasteiger partial charge in [-0.15, -0.1) is 0 Å². The zero-order valence-corrected chi connectivity index (χ0v) is 17.8. The summed E-state index contributed by atoms with van der Waals surface area (Å²) >= 11 is 0. The second kappa shape index (κ2) is 9.02. The first-order chi connectivity index (χ1) is 14.6. The summed E-state index contributed by atoms with van der Waals surface area (Å²) in [6.45, 7) is 3.11. The Kier molecular flexibility index (Phi) is 6.21. The molecule has 1 saturated heterocycles. The third kappa shape index (κ3) is 4.13. The highest BCUT2D eigenvalue weighted by molar-refractivity contribution is 6.35. The maximum absolute atomic E-state index is 13.6. The minimum Gasteiger partial charge on any atom is -0.366 e. The molecule has 0 aromatic heterocycles. The molecule has 0 atom stereocenters. The SMILES string of the molecule is CC(=O)Nc1ccc(C2=C(N3CCCCC3)C(=O)N(C3CCCCCC3)C2=O)cc1. The second-order valence-corrected chi connectivity index (χ2v) is 8.66. The van der Waals surface area contributed by atoms with E-state index in [-0.39, 0.29) is 23.8 Å². The summed E-state index contributed by atoms with van der Waals surface area (Å²) in [6.07, 6.45) is 9.56. The van der Waals surface area contributed by atoms with E-state index in [0.29, 0.717) is 17.0 Å². The molecular weight excluding hydrogens is 378 g/mol. The Morgan fingerprint density at radius 2 is 1.47 bits per heavy atom. The maximum Gasteiger partial charge on any atom is 0.278 e. The molecule has 3 amide bonds. The highest BCUT2D eigenvalue weighted by Gasteiger charge is 2.44. The van der Waals surface area contributed by atoms with Crippen LogP contribution >= 0.6 is 0 Å². The lowest BCUT2D eigenvalue weighted by molar-refractivity contribution is -0.140. The number of hydrogen-bond acceptors (Lipinski definition) is 4. The summed E-state index contributed by atoms with van der Waals surface area (Å²) < 4.78 is 0. The molecule has 6 nitrogen and oxygen atoms in total. The number of nitrogens with zero attached hydrogens (tertiary/aromatic N) is 2. The van der Waals surface area contributed by atoms with Crippen LogP contribution in [0.15, 0.2) is 30.0 Å². The molecule has 2 heterocycles. The Labute approximate surface area is 178 Å². The molecule has 1 aromatic carbocycles. The van der Waals surface area contributed by atoms with Gasteiger partial charge in [-0.05, 0) is 49.8 Å². The first-order valence-corrected chi connectivity index (χ1v) is 11.3. The number of nitrogens with one attached hydrogen (secondary N) is 1. The van der Waals surface area contributed by atoms with Gasteiger partial charge in [-0.1, -0.05) is 37.8 Å². The van der Waals surface area contributed by atoms with Gasteiger partial charge in [0, 0.05) is 31.7 Å². The number of carbonyl (C=O) groups excluding carboxylic acids is 3. The standard InChI is InChI=1S/C24H31N3O3/c1-17(28)25-19-13-11-18(12-14-19)21-22(26-15-7-4-8-16-26)24(30)27(23(21)29)20-9-5-2-3-6-10-20/h11-14,20H,2-10,15-16H2,1H3,(H,25,28). The average molecular weight is 410 g/mol. The van der Waals surface area contributed by atoms with Gasteiger partial charge in [-0.2, -0.15) is 0 Å². The van der Waals surface area contributed by atoms with E-state index in [2.05, 4.69) is 10.2 Å². The number of hydrogen-bond donors (Lipinski definition) is 1. The van der Waals surface area contributed by atoms with Crippen molar-refractivity contribution in [3.63, 3.8) is 0 Å².